The standard InChI is InChI=1S/C6H12ClO/c1-4(5(2)7)6(3)8/h4-6H,1-3H3. The molecule has 8 heavy (non-hydrogen) atoms. The Morgan fingerprint density at radius 1 is 1.25 bits per heavy atom. The predicted octanol–water partition coefficient (Wildman–Crippen LogP) is 2.07. The van der Waals surface area contributed by atoms with Crippen molar-refractivity contribution in [2.24, 2.45) is 5.92 Å². The van der Waals surface area contributed by atoms with Gasteiger partial charge in [-0.15, -0.1) is 11.6 Å². The van der Waals surface area contributed by atoms with E-state index in [0.717, 1.165) is 0 Å². The molecule has 0 N–H and O–H groups in total. The van der Waals surface area contributed by atoms with Crippen LogP contribution in [-0.2, 0) is 5.11 Å². The largest absolute Gasteiger partial charge is 0.233 e. The highest BCUT2D eigenvalue weighted by molar-refractivity contribution is 6.20. The van der Waals surface area contributed by atoms with Gasteiger partial charge in [0.25, 0.3) is 0 Å². The third-order valence-electron chi connectivity index (χ3n) is 1.46. The topological polar surface area (TPSA) is 19.9 Å². The summed E-state index contributed by atoms with van der Waals surface area (Å²) in [6, 6.07) is 0. The van der Waals surface area contributed by atoms with Crippen LogP contribution >= 0.6 is 11.6 Å². The van der Waals surface area contributed by atoms with Gasteiger partial charge in [-0.05, 0) is 13.8 Å². The van der Waals surface area contributed by atoms with Crippen LogP contribution in [0.15, 0.2) is 0 Å². The lowest BCUT2D eigenvalue weighted by Gasteiger charge is -2.13. The molecule has 0 aromatic carbocycles. The maximum absolute atomic E-state index is 10.6. The van der Waals surface area contributed by atoms with Gasteiger partial charge >= 0.3 is 0 Å². The van der Waals surface area contributed by atoms with E-state index in [4.69, 9.17) is 11.6 Å². The lowest BCUT2D eigenvalue weighted by Crippen LogP contribution is -2.19. The summed E-state index contributed by atoms with van der Waals surface area (Å²) in [5, 5.41) is 10.6. The molecule has 1 nitrogen and oxygen atoms in total. The second-order valence-electron chi connectivity index (χ2n) is 2.24. The number of halogens is 1. The molecule has 2 heteroatoms. The molecule has 0 rings (SSSR count). The lowest BCUT2D eigenvalue weighted by molar-refractivity contribution is 0.0590. The zero-order valence-corrected chi connectivity index (χ0v) is 6.27. The van der Waals surface area contributed by atoms with Gasteiger partial charge in [0.05, 0.1) is 6.10 Å². The summed E-state index contributed by atoms with van der Waals surface area (Å²) < 4.78 is 0. The summed E-state index contributed by atoms with van der Waals surface area (Å²) in [5.74, 6) is 0.0802. The third kappa shape index (κ3) is 2.53. The van der Waals surface area contributed by atoms with Crippen LogP contribution in [0.3, 0.4) is 0 Å². The summed E-state index contributed by atoms with van der Waals surface area (Å²) in [6.07, 6.45) is -0.539. The fourth-order valence-corrected chi connectivity index (χ4v) is 0.578. The first-order valence-electron chi connectivity index (χ1n) is 2.85. The summed E-state index contributed by atoms with van der Waals surface area (Å²) in [4.78, 5) is 0. The maximum atomic E-state index is 10.6. The van der Waals surface area contributed by atoms with Gasteiger partial charge in [0.2, 0.25) is 0 Å². The van der Waals surface area contributed by atoms with E-state index in [1.165, 1.54) is 0 Å². The van der Waals surface area contributed by atoms with Crippen molar-refractivity contribution in [3.05, 3.63) is 0 Å². The fraction of sp³-hybridized carbons (Fsp3) is 1.00. The van der Waals surface area contributed by atoms with Crippen LogP contribution < -0.4 is 0 Å². The van der Waals surface area contributed by atoms with Crippen molar-refractivity contribution >= 4 is 11.6 Å². The van der Waals surface area contributed by atoms with Crippen LogP contribution in [0.4, 0.5) is 0 Å². The van der Waals surface area contributed by atoms with E-state index in [-0.39, 0.29) is 11.3 Å². The first-order chi connectivity index (χ1) is 3.55. The van der Waals surface area contributed by atoms with Crippen LogP contribution in [0.25, 0.3) is 0 Å². The van der Waals surface area contributed by atoms with Crippen molar-refractivity contribution in [2.45, 2.75) is 32.3 Å². The second-order valence-corrected chi connectivity index (χ2v) is 2.93. The van der Waals surface area contributed by atoms with Crippen molar-refractivity contribution in [1.29, 1.82) is 0 Å². The quantitative estimate of drug-likeness (QED) is 0.517. The maximum Gasteiger partial charge on any atom is 0.0941 e. The first-order valence-corrected chi connectivity index (χ1v) is 3.29. The van der Waals surface area contributed by atoms with Crippen LogP contribution in [-0.4, -0.2) is 11.5 Å². The van der Waals surface area contributed by atoms with Gasteiger partial charge in [0.1, 0.15) is 0 Å². The monoisotopic (exact) mass is 135 g/mol. The van der Waals surface area contributed by atoms with Crippen molar-refractivity contribution in [1.82, 2.24) is 0 Å². The van der Waals surface area contributed by atoms with Gasteiger partial charge in [-0.25, -0.2) is 5.11 Å². The Morgan fingerprint density at radius 2 is 1.62 bits per heavy atom. The Labute approximate surface area is 55.7 Å². The minimum Gasteiger partial charge on any atom is -0.233 e. The van der Waals surface area contributed by atoms with Crippen LogP contribution in [0, 0.1) is 5.92 Å². The summed E-state index contributed by atoms with van der Waals surface area (Å²) >= 11 is 5.62. The molecule has 3 unspecified atom stereocenters. The minimum absolute atomic E-state index is 0.00231. The molecule has 0 aromatic heterocycles. The Balaban J connectivity index is 3.46. The Bertz CT molecular complexity index is 53.5. The van der Waals surface area contributed by atoms with Gasteiger partial charge in [-0.2, -0.15) is 0 Å². The van der Waals surface area contributed by atoms with Crippen molar-refractivity contribution in [3.8, 4) is 0 Å². The average molecular weight is 136 g/mol. The Kier molecular flexibility index (Phi) is 3.41. The fourth-order valence-electron chi connectivity index (χ4n) is 0.373. The van der Waals surface area contributed by atoms with E-state index in [9.17, 15) is 5.11 Å². The van der Waals surface area contributed by atoms with E-state index in [0.29, 0.717) is 0 Å². The molecular formula is C6H12ClO. The smallest absolute Gasteiger partial charge is 0.0941 e. The summed E-state index contributed by atoms with van der Waals surface area (Å²) in [5.41, 5.74) is 0. The number of rotatable bonds is 2. The first kappa shape index (κ1) is 8.25. The zero-order valence-electron chi connectivity index (χ0n) is 5.52. The normalized spacial score (nSPS) is 22.1. The molecule has 0 saturated heterocycles. The average Bonchev–Trinajstić information content (AvgIpc) is 1.64. The highest BCUT2D eigenvalue weighted by Crippen LogP contribution is 2.13. The Hall–Kier alpha value is 0.250. The van der Waals surface area contributed by atoms with Crippen molar-refractivity contribution in [3.63, 3.8) is 0 Å². The van der Waals surface area contributed by atoms with Gasteiger partial charge in [0.15, 0.2) is 0 Å². The molecule has 0 saturated carbocycles. The molecule has 0 fully saturated rings. The number of alkyl halides is 1. The predicted molar refractivity (Wildman–Crippen MR) is 34.6 cm³/mol. The molecule has 0 aromatic rings. The molecule has 0 aliphatic heterocycles. The van der Waals surface area contributed by atoms with Gasteiger partial charge in [0, 0.05) is 11.3 Å². The van der Waals surface area contributed by atoms with Gasteiger partial charge in [-0.1, -0.05) is 6.92 Å². The molecule has 0 spiro atoms. The number of hydrogen-bond acceptors (Lipinski definition) is 0. The van der Waals surface area contributed by atoms with E-state index < -0.39 is 6.10 Å². The molecule has 0 heterocycles. The van der Waals surface area contributed by atoms with Crippen molar-refractivity contribution in [2.75, 3.05) is 0 Å². The zero-order chi connectivity index (χ0) is 6.73. The highest BCUT2D eigenvalue weighted by Gasteiger charge is 2.14. The van der Waals surface area contributed by atoms with Gasteiger partial charge < -0.3 is 0 Å². The molecule has 1 radical (unpaired) electrons. The molecule has 3 atom stereocenters. The van der Waals surface area contributed by atoms with E-state index >= 15 is 0 Å². The molecule has 0 aliphatic rings. The van der Waals surface area contributed by atoms with Crippen LogP contribution in [0.1, 0.15) is 20.8 Å². The Morgan fingerprint density at radius 3 is 1.62 bits per heavy atom. The summed E-state index contributed by atoms with van der Waals surface area (Å²) in [7, 11) is 0. The van der Waals surface area contributed by atoms with Crippen molar-refractivity contribution < 1.29 is 5.11 Å². The van der Waals surface area contributed by atoms with Crippen LogP contribution in [0.5, 0.6) is 0 Å². The molecule has 0 amide bonds. The molecule has 0 bridgehead atoms. The second kappa shape index (κ2) is 3.31. The van der Waals surface area contributed by atoms with E-state index in [1.807, 2.05) is 13.8 Å². The van der Waals surface area contributed by atoms with Gasteiger partial charge in [-0.3, -0.25) is 0 Å². The number of hydrogen-bond donors (Lipinski definition) is 0. The van der Waals surface area contributed by atoms with E-state index in [1.54, 1.807) is 6.92 Å². The minimum atomic E-state index is -0.539. The lowest BCUT2D eigenvalue weighted by atomic mass is 10.0. The van der Waals surface area contributed by atoms with E-state index in [2.05, 4.69) is 0 Å². The SMILES string of the molecule is CC([O])C(C)C(C)Cl. The molecule has 0 aliphatic carbocycles. The molecule has 49 valence electrons. The highest BCUT2D eigenvalue weighted by atomic mass is 35.5. The third-order valence-corrected chi connectivity index (χ3v) is 1.86. The molecular weight excluding hydrogens is 124 g/mol. The summed E-state index contributed by atoms with van der Waals surface area (Å²) in [6.45, 7) is 5.36. The van der Waals surface area contributed by atoms with Crippen LogP contribution in [0.2, 0.25) is 0 Å².